The van der Waals surface area contributed by atoms with Gasteiger partial charge < -0.3 is 14.7 Å². The zero-order valence-electron chi connectivity index (χ0n) is 10.3. The average molecular weight is 237 g/mol. The average Bonchev–Trinajstić information content (AvgIpc) is 2.36. The lowest BCUT2D eigenvalue weighted by molar-refractivity contribution is -0.130. The summed E-state index contributed by atoms with van der Waals surface area (Å²) in [6.07, 6.45) is 1.08. The molecule has 0 unspecified atom stereocenters. The van der Waals surface area contributed by atoms with Crippen molar-refractivity contribution in [2.45, 2.75) is 12.8 Å². The van der Waals surface area contributed by atoms with Crippen LogP contribution in [0.5, 0.6) is 5.75 Å². The summed E-state index contributed by atoms with van der Waals surface area (Å²) in [4.78, 5) is 13.2. The Hall–Kier alpha value is -1.55. The number of nitrogens with zero attached hydrogens (tertiary/aromatic N) is 1. The lowest BCUT2D eigenvalue weighted by Crippen LogP contribution is -2.29. The lowest BCUT2D eigenvalue weighted by Gasteiger charge is -2.16. The SMILES string of the molecule is COc1ccccc1CCC(=O)N(C)CCO. The van der Waals surface area contributed by atoms with Crippen LogP contribution in [0.1, 0.15) is 12.0 Å². The van der Waals surface area contributed by atoms with E-state index in [4.69, 9.17) is 9.84 Å². The molecule has 1 amide bonds. The first-order valence-electron chi connectivity index (χ1n) is 5.65. The predicted molar refractivity (Wildman–Crippen MR) is 66.0 cm³/mol. The number of aliphatic hydroxyl groups is 1. The first-order chi connectivity index (χ1) is 8.19. The number of carbonyl (C=O) groups excluding carboxylic acids is 1. The van der Waals surface area contributed by atoms with E-state index < -0.39 is 0 Å². The first-order valence-corrected chi connectivity index (χ1v) is 5.65. The van der Waals surface area contributed by atoms with Crippen LogP contribution in [0.25, 0.3) is 0 Å². The van der Waals surface area contributed by atoms with Gasteiger partial charge in [-0.25, -0.2) is 0 Å². The zero-order valence-corrected chi connectivity index (χ0v) is 10.3. The summed E-state index contributed by atoms with van der Waals surface area (Å²) in [6, 6.07) is 7.68. The standard InChI is InChI=1S/C13H19NO3/c1-14(9-10-15)13(16)8-7-11-5-3-4-6-12(11)17-2/h3-6,15H,7-10H2,1-2H3. The van der Waals surface area contributed by atoms with Gasteiger partial charge in [0.1, 0.15) is 5.75 Å². The topological polar surface area (TPSA) is 49.8 Å². The van der Waals surface area contributed by atoms with Crippen molar-refractivity contribution in [2.75, 3.05) is 27.3 Å². The molecule has 0 aliphatic heterocycles. The summed E-state index contributed by atoms with van der Waals surface area (Å²) in [5.41, 5.74) is 1.03. The van der Waals surface area contributed by atoms with E-state index in [1.807, 2.05) is 24.3 Å². The number of methoxy groups -OCH3 is 1. The van der Waals surface area contributed by atoms with E-state index in [1.54, 1.807) is 14.2 Å². The second-order valence-corrected chi connectivity index (χ2v) is 3.85. The molecule has 1 N–H and O–H groups in total. The molecular formula is C13H19NO3. The minimum atomic E-state index is -0.00308. The third-order valence-corrected chi connectivity index (χ3v) is 2.66. The number of para-hydroxylation sites is 1. The number of rotatable bonds is 6. The molecule has 0 aliphatic rings. The molecule has 0 radical (unpaired) electrons. The van der Waals surface area contributed by atoms with Gasteiger partial charge in [0.2, 0.25) is 5.91 Å². The molecule has 94 valence electrons. The molecule has 1 aromatic rings. The summed E-state index contributed by atoms with van der Waals surface area (Å²) in [7, 11) is 3.32. The molecule has 4 heteroatoms. The van der Waals surface area contributed by atoms with E-state index in [-0.39, 0.29) is 12.5 Å². The van der Waals surface area contributed by atoms with Crippen molar-refractivity contribution in [3.8, 4) is 5.75 Å². The van der Waals surface area contributed by atoms with Crippen molar-refractivity contribution in [3.63, 3.8) is 0 Å². The summed E-state index contributed by atoms with van der Waals surface area (Å²) < 4.78 is 5.22. The second kappa shape index (κ2) is 6.91. The lowest BCUT2D eigenvalue weighted by atomic mass is 10.1. The van der Waals surface area contributed by atoms with Crippen LogP contribution in [-0.4, -0.2) is 43.2 Å². The largest absolute Gasteiger partial charge is 0.496 e. The van der Waals surface area contributed by atoms with Crippen LogP contribution in [0.3, 0.4) is 0 Å². The predicted octanol–water partition coefficient (Wildman–Crippen LogP) is 1.08. The molecular weight excluding hydrogens is 218 g/mol. The van der Waals surface area contributed by atoms with Crippen LogP contribution in [0, 0.1) is 0 Å². The van der Waals surface area contributed by atoms with Crippen LogP contribution in [0.15, 0.2) is 24.3 Å². The third kappa shape index (κ3) is 4.07. The van der Waals surface area contributed by atoms with Crippen LogP contribution >= 0.6 is 0 Å². The molecule has 0 atom stereocenters. The number of hydrogen-bond donors (Lipinski definition) is 1. The van der Waals surface area contributed by atoms with Crippen molar-refractivity contribution >= 4 is 5.91 Å². The molecule has 0 saturated heterocycles. The number of aryl methyl sites for hydroxylation is 1. The van der Waals surface area contributed by atoms with E-state index in [9.17, 15) is 4.79 Å². The van der Waals surface area contributed by atoms with Crippen LogP contribution < -0.4 is 4.74 Å². The Morgan fingerprint density at radius 1 is 1.41 bits per heavy atom. The van der Waals surface area contributed by atoms with Gasteiger partial charge >= 0.3 is 0 Å². The number of ether oxygens (including phenoxy) is 1. The highest BCUT2D eigenvalue weighted by Gasteiger charge is 2.09. The highest BCUT2D eigenvalue weighted by Crippen LogP contribution is 2.18. The zero-order chi connectivity index (χ0) is 12.7. The Labute approximate surface area is 102 Å². The molecule has 0 fully saturated rings. The molecule has 0 spiro atoms. The van der Waals surface area contributed by atoms with Gasteiger partial charge in [0, 0.05) is 20.0 Å². The van der Waals surface area contributed by atoms with E-state index >= 15 is 0 Å². The van der Waals surface area contributed by atoms with Crippen molar-refractivity contribution < 1.29 is 14.6 Å². The normalized spacial score (nSPS) is 10.1. The Kier molecular flexibility index (Phi) is 5.49. The van der Waals surface area contributed by atoms with Gasteiger partial charge in [-0.05, 0) is 18.1 Å². The number of amides is 1. The number of aliphatic hydroxyl groups excluding tert-OH is 1. The van der Waals surface area contributed by atoms with Crippen LogP contribution in [0.2, 0.25) is 0 Å². The van der Waals surface area contributed by atoms with Crippen LogP contribution in [0.4, 0.5) is 0 Å². The molecule has 0 heterocycles. The third-order valence-electron chi connectivity index (χ3n) is 2.66. The summed E-state index contributed by atoms with van der Waals surface area (Å²) in [5.74, 6) is 0.843. The highest BCUT2D eigenvalue weighted by atomic mass is 16.5. The van der Waals surface area contributed by atoms with E-state index in [2.05, 4.69) is 0 Å². The minimum Gasteiger partial charge on any atom is -0.496 e. The summed E-state index contributed by atoms with van der Waals surface area (Å²) in [6.45, 7) is 0.377. The van der Waals surface area contributed by atoms with E-state index in [0.29, 0.717) is 19.4 Å². The molecule has 0 aromatic heterocycles. The maximum atomic E-state index is 11.7. The number of hydrogen-bond acceptors (Lipinski definition) is 3. The van der Waals surface area contributed by atoms with Gasteiger partial charge in [-0.2, -0.15) is 0 Å². The number of likely N-dealkylation sites (N-methyl/N-ethyl adjacent to an activating group) is 1. The van der Waals surface area contributed by atoms with Crippen molar-refractivity contribution in [2.24, 2.45) is 0 Å². The molecule has 0 aliphatic carbocycles. The van der Waals surface area contributed by atoms with Gasteiger partial charge in [-0.1, -0.05) is 18.2 Å². The van der Waals surface area contributed by atoms with Gasteiger partial charge in [0.25, 0.3) is 0 Å². The minimum absolute atomic E-state index is 0.00308. The van der Waals surface area contributed by atoms with Crippen molar-refractivity contribution in [1.82, 2.24) is 4.90 Å². The maximum Gasteiger partial charge on any atom is 0.222 e. The Balaban J connectivity index is 2.52. The van der Waals surface area contributed by atoms with E-state index in [0.717, 1.165) is 11.3 Å². The fraction of sp³-hybridized carbons (Fsp3) is 0.462. The molecule has 0 saturated carbocycles. The van der Waals surface area contributed by atoms with Gasteiger partial charge in [0.05, 0.1) is 13.7 Å². The monoisotopic (exact) mass is 237 g/mol. The summed E-state index contributed by atoms with van der Waals surface area (Å²) in [5, 5.41) is 8.74. The summed E-state index contributed by atoms with van der Waals surface area (Å²) >= 11 is 0. The molecule has 17 heavy (non-hydrogen) atoms. The second-order valence-electron chi connectivity index (χ2n) is 3.85. The van der Waals surface area contributed by atoms with Crippen molar-refractivity contribution in [3.05, 3.63) is 29.8 Å². The number of benzene rings is 1. The quantitative estimate of drug-likeness (QED) is 0.805. The number of carbonyl (C=O) groups is 1. The first kappa shape index (κ1) is 13.5. The van der Waals surface area contributed by atoms with Crippen LogP contribution in [-0.2, 0) is 11.2 Å². The molecule has 0 bridgehead atoms. The molecule has 1 aromatic carbocycles. The van der Waals surface area contributed by atoms with E-state index in [1.165, 1.54) is 4.90 Å². The van der Waals surface area contributed by atoms with Gasteiger partial charge in [-0.3, -0.25) is 4.79 Å². The Morgan fingerprint density at radius 3 is 2.76 bits per heavy atom. The van der Waals surface area contributed by atoms with Gasteiger partial charge in [0.15, 0.2) is 0 Å². The fourth-order valence-corrected chi connectivity index (χ4v) is 1.62. The Morgan fingerprint density at radius 2 is 2.12 bits per heavy atom. The molecule has 4 nitrogen and oxygen atoms in total. The van der Waals surface area contributed by atoms with Gasteiger partial charge in [-0.15, -0.1) is 0 Å². The molecule has 1 rings (SSSR count). The highest BCUT2D eigenvalue weighted by molar-refractivity contribution is 5.76. The smallest absolute Gasteiger partial charge is 0.222 e. The Bertz CT molecular complexity index is 365. The van der Waals surface area contributed by atoms with Crippen molar-refractivity contribution in [1.29, 1.82) is 0 Å². The fourth-order valence-electron chi connectivity index (χ4n) is 1.62. The maximum absolute atomic E-state index is 11.7.